The van der Waals surface area contributed by atoms with E-state index in [4.69, 9.17) is 0 Å². The molecule has 0 aromatic rings. The largest absolute Gasteiger partial charge is 0.112 e. The molecule has 38 valence electrons. The molecule has 0 amide bonds. The molecule has 0 radical (unpaired) electrons. The van der Waals surface area contributed by atoms with Crippen molar-refractivity contribution in [1.82, 2.24) is 0 Å². The molecule has 0 atom stereocenters. The van der Waals surface area contributed by atoms with Gasteiger partial charge in [0.05, 0.1) is 14.3 Å². The van der Waals surface area contributed by atoms with E-state index in [-0.39, 0.29) is 0 Å². The smallest absolute Gasteiger partial charge is 0.105 e. The van der Waals surface area contributed by atoms with E-state index < -0.39 is 0 Å². The molecule has 0 spiro atoms. The summed E-state index contributed by atoms with van der Waals surface area (Å²) in [5, 5.41) is 0. The maximum Gasteiger partial charge on any atom is 0.112 e. The lowest BCUT2D eigenvalue weighted by Crippen LogP contribution is -2.09. The van der Waals surface area contributed by atoms with Gasteiger partial charge >= 0.3 is 0 Å². The molecule has 0 aromatic carbocycles. The van der Waals surface area contributed by atoms with Crippen LogP contribution in [0.15, 0.2) is 0 Å². The number of rotatable bonds is 3. The van der Waals surface area contributed by atoms with Gasteiger partial charge in [-0.25, -0.2) is 0 Å². The standard InChI is InChI=1S/C4H13B3/c1-3-6-4-7(2)5/h6H,3-5H2,1-2H3. The third-order valence-electron chi connectivity index (χ3n) is 1.14. The van der Waals surface area contributed by atoms with Crippen LogP contribution in [0.5, 0.6) is 0 Å². The van der Waals surface area contributed by atoms with Crippen LogP contribution in [-0.4, -0.2) is 21.6 Å². The molecule has 0 rings (SSSR count). The Labute approximate surface area is 48.8 Å². The van der Waals surface area contributed by atoms with Crippen LogP contribution in [0.2, 0.25) is 19.4 Å². The van der Waals surface area contributed by atoms with Gasteiger partial charge in [0.2, 0.25) is 0 Å². The van der Waals surface area contributed by atoms with Gasteiger partial charge in [-0.1, -0.05) is 20.1 Å². The highest BCUT2D eigenvalue weighted by Gasteiger charge is 1.95. The molecule has 0 aromatic heterocycles. The fraction of sp³-hybridized carbons (Fsp3) is 1.00. The maximum absolute atomic E-state index is 2.27. The summed E-state index contributed by atoms with van der Waals surface area (Å²) in [7, 11) is 3.67. The van der Waals surface area contributed by atoms with Gasteiger partial charge in [-0.05, 0) is 0 Å². The van der Waals surface area contributed by atoms with Gasteiger partial charge in [0.15, 0.2) is 0 Å². The molecule has 0 aliphatic rings. The molecule has 0 N–H and O–H groups in total. The maximum atomic E-state index is 2.27. The SMILES string of the molecule is BB(C)CBCC. The van der Waals surface area contributed by atoms with Crippen LogP contribution in [0.3, 0.4) is 0 Å². The lowest BCUT2D eigenvalue weighted by molar-refractivity contribution is 1.44. The Morgan fingerprint density at radius 3 is 2.43 bits per heavy atom. The zero-order valence-corrected chi connectivity index (χ0v) is 5.70. The van der Waals surface area contributed by atoms with E-state index in [1.807, 2.05) is 0 Å². The van der Waals surface area contributed by atoms with Crippen LogP contribution in [0.4, 0.5) is 0 Å². The van der Waals surface area contributed by atoms with Crippen LogP contribution in [0, 0.1) is 0 Å². The summed E-state index contributed by atoms with van der Waals surface area (Å²) >= 11 is 0. The molecule has 3 heteroatoms. The molecule has 0 aliphatic heterocycles. The van der Waals surface area contributed by atoms with Crippen LogP contribution in [0.1, 0.15) is 6.92 Å². The van der Waals surface area contributed by atoms with Gasteiger partial charge in [-0.15, -0.1) is 6.22 Å². The van der Waals surface area contributed by atoms with E-state index in [1.165, 1.54) is 19.8 Å². The van der Waals surface area contributed by atoms with E-state index >= 15 is 0 Å². The Kier molecular flexibility index (Phi) is 4.48. The zero-order valence-electron chi connectivity index (χ0n) is 5.70. The summed E-state index contributed by atoms with van der Waals surface area (Å²) in [6, 6.07) is 0. The van der Waals surface area contributed by atoms with Crippen LogP contribution >= 0.6 is 0 Å². The average Bonchev–Trinajstić information content (AvgIpc) is 1.61. The third-order valence-corrected chi connectivity index (χ3v) is 1.14. The molecule has 0 nitrogen and oxygen atoms in total. The molecule has 0 bridgehead atoms. The molecule has 0 aliphatic carbocycles. The first-order valence-corrected chi connectivity index (χ1v) is 3.27. The lowest BCUT2D eigenvalue weighted by Gasteiger charge is -1.92. The van der Waals surface area contributed by atoms with Crippen LogP contribution in [-0.2, 0) is 0 Å². The molecule has 0 saturated heterocycles. The zero-order chi connectivity index (χ0) is 5.70. The lowest BCUT2D eigenvalue weighted by atomic mass is 9.27. The van der Waals surface area contributed by atoms with Crippen molar-refractivity contribution in [2.75, 3.05) is 0 Å². The Bertz CT molecular complexity index is 35.9. The van der Waals surface area contributed by atoms with E-state index in [0.29, 0.717) is 0 Å². The molecular weight excluding hydrogens is 80.5 g/mol. The topological polar surface area (TPSA) is 0 Å². The minimum Gasteiger partial charge on any atom is -0.105 e. The summed E-state index contributed by atoms with van der Waals surface area (Å²) in [4.78, 5) is 0. The highest BCUT2D eigenvalue weighted by molar-refractivity contribution is 7.05. The first-order chi connectivity index (χ1) is 3.27. The van der Waals surface area contributed by atoms with Gasteiger partial charge in [0.25, 0.3) is 0 Å². The summed E-state index contributed by atoms with van der Waals surface area (Å²) < 4.78 is 0. The van der Waals surface area contributed by atoms with E-state index in [0.717, 1.165) is 6.60 Å². The van der Waals surface area contributed by atoms with Gasteiger partial charge < -0.3 is 0 Å². The van der Waals surface area contributed by atoms with Gasteiger partial charge in [0.1, 0.15) is 7.28 Å². The van der Waals surface area contributed by atoms with Crippen molar-refractivity contribution >= 4 is 21.6 Å². The minimum atomic E-state index is 0.903. The first-order valence-electron chi connectivity index (χ1n) is 3.27. The van der Waals surface area contributed by atoms with Crippen LogP contribution < -0.4 is 0 Å². The normalized spacial score (nSPS) is 8.29. The van der Waals surface area contributed by atoms with Gasteiger partial charge in [-0.3, -0.25) is 0 Å². The second-order valence-electron chi connectivity index (χ2n) is 2.54. The Hall–Kier alpha value is 0.195. The second kappa shape index (κ2) is 4.36. The third kappa shape index (κ3) is 6.19. The molecule has 0 unspecified atom stereocenters. The Balaban J connectivity index is 2.68. The molecule has 0 saturated carbocycles. The van der Waals surface area contributed by atoms with Crippen molar-refractivity contribution in [2.24, 2.45) is 0 Å². The van der Waals surface area contributed by atoms with Crippen molar-refractivity contribution in [1.29, 1.82) is 0 Å². The van der Waals surface area contributed by atoms with Crippen molar-refractivity contribution in [3.63, 3.8) is 0 Å². The first kappa shape index (κ1) is 7.19. The van der Waals surface area contributed by atoms with E-state index in [9.17, 15) is 0 Å². The summed E-state index contributed by atoms with van der Waals surface area (Å²) in [6.07, 6.45) is 2.74. The Morgan fingerprint density at radius 2 is 2.29 bits per heavy atom. The quantitative estimate of drug-likeness (QED) is 0.434. The predicted molar refractivity (Wildman–Crippen MR) is 42.6 cm³/mol. The highest BCUT2D eigenvalue weighted by atomic mass is 13.4. The molecule has 0 fully saturated rings. The predicted octanol–water partition coefficient (Wildman–Crippen LogP) is 0.0730. The molecule has 0 heterocycles. The fourth-order valence-corrected chi connectivity index (χ4v) is 0.612. The summed E-state index contributed by atoms with van der Waals surface area (Å²) in [6.45, 7) is 5.41. The van der Waals surface area contributed by atoms with E-state index in [2.05, 4.69) is 21.5 Å². The van der Waals surface area contributed by atoms with Crippen molar-refractivity contribution < 1.29 is 0 Å². The second-order valence-corrected chi connectivity index (χ2v) is 2.54. The van der Waals surface area contributed by atoms with Crippen molar-refractivity contribution in [3.05, 3.63) is 0 Å². The molecular formula is C4H13B3. The summed E-state index contributed by atoms with van der Waals surface area (Å²) in [5.41, 5.74) is 0. The number of hydrogen-bond donors (Lipinski definition) is 0. The monoisotopic (exact) mass is 94.1 g/mol. The van der Waals surface area contributed by atoms with Crippen molar-refractivity contribution in [3.8, 4) is 0 Å². The fourth-order valence-electron chi connectivity index (χ4n) is 0.612. The van der Waals surface area contributed by atoms with Gasteiger partial charge in [-0.2, -0.15) is 0 Å². The Morgan fingerprint density at radius 1 is 1.71 bits per heavy atom. The number of hydrogen-bond acceptors (Lipinski definition) is 0. The van der Waals surface area contributed by atoms with Crippen molar-refractivity contribution in [2.45, 2.75) is 26.3 Å². The van der Waals surface area contributed by atoms with Gasteiger partial charge in [0, 0.05) is 0 Å². The summed E-state index contributed by atoms with van der Waals surface area (Å²) in [5.74, 6) is 0. The average molecular weight is 93.6 g/mol. The van der Waals surface area contributed by atoms with E-state index in [1.54, 1.807) is 0 Å². The van der Waals surface area contributed by atoms with Crippen LogP contribution in [0.25, 0.3) is 0 Å². The molecule has 7 heavy (non-hydrogen) atoms. The minimum absolute atomic E-state index is 0.903. The highest BCUT2D eigenvalue weighted by Crippen LogP contribution is 1.85.